The summed E-state index contributed by atoms with van der Waals surface area (Å²) in [5, 5.41) is 0.651. The van der Waals surface area contributed by atoms with Gasteiger partial charge in [-0.15, -0.1) is 0 Å². The molecule has 1 aliphatic rings. The third-order valence-electron chi connectivity index (χ3n) is 5.00. The number of hydrogen-bond donors (Lipinski definition) is 0. The molecule has 0 amide bonds. The van der Waals surface area contributed by atoms with Gasteiger partial charge in [0.25, 0.3) is 0 Å². The summed E-state index contributed by atoms with van der Waals surface area (Å²) < 4.78 is 16.9. The number of rotatable bonds is 6. The van der Waals surface area contributed by atoms with Crippen LogP contribution in [0, 0.1) is 0 Å². The molecule has 148 valence electrons. The molecule has 0 fully saturated rings. The Balaban J connectivity index is 1.55. The highest BCUT2D eigenvalue weighted by atomic mass is 35.5. The first-order valence-electron chi connectivity index (χ1n) is 9.52. The largest absolute Gasteiger partial charge is 0.474 e. The number of aryl methyl sites for hydroxylation is 1. The predicted octanol–water partition coefficient (Wildman–Crippen LogP) is 5.91. The minimum absolute atomic E-state index is 0.438. The average molecular weight is 409 g/mol. The van der Waals surface area contributed by atoms with E-state index in [9.17, 15) is 4.79 Å². The second-order valence-electron chi connectivity index (χ2n) is 6.89. The summed E-state index contributed by atoms with van der Waals surface area (Å²) in [6.07, 6.45) is 2.28. The van der Waals surface area contributed by atoms with Gasteiger partial charge >= 0.3 is 5.97 Å². The van der Waals surface area contributed by atoms with E-state index >= 15 is 0 Å². The number of ether oxygens (including phenoxy) is 3. The van der Waals surface area contributed by atoms with Crippen molar-refractivity contribution in [2.24, 2.45) is 0 Å². The molecule has 1 atom stereocenters. The van der Waals surface area contributed by atoms with Crippen molar-refractivity contribution in [2.45, 2.75) is 25.4 Å². The van der Waals surface area contributed by atoms with E-state index < -0.39 is 12.1 Å². The molecule has 0 N–H and O–H groups in total. The van der Waals surface area contributed by atoms with Gasteiger partial charge in [0.1, 0.15) is 17.2 Å². The first kappa shape index (κ1) is 19.3. The van der Waals surface area contributed by atoms with Crippen LogP contribution in [0.25, 0.3) is 0 Å². The van der Waals surface area contributed by atoms with E-state index in [1.165, 1.54) is 18.2 Å². The molecule has 0 bridgehead atoms. The van der Waals surface area contributed by atoms with Gasteiger partial charge in [0.05, 0.1) is 7.11 Å². The zero-order valence-corrected chi connectivity index (χ0v) is 16.8. The van der Waals surface area contributed by atoms with E-state index in [-0.39, 0.29) is 0 Å². The van der Waals surface area contributed by atoms with Crippen molar-refractivity contribution >= 4 is 17.6 Å². The third kappa shape index (κ3) is 4.38. The molecule has 0 radical (unpaired) electrons. The summed E-state index contributed by atoms with van der Waals surface area (Å²) in [6.45, 7) is 0. The molecule has 29 heavy (non-hydrogen) atoms. The van der Waals surface area contributed by atoms with Crippen LogP contribution in [0.3, 0.4) is 0 Å². The summed E-state index contributed by atoms with van der Waals surface area (Å²) in [7, 11) is 1.37. The van der Waals surface area contributed by atoms with E-state index in [0.717, 1.165) is 25.0 Å². The van der Waals surface area contributed by atoms with Gasteiger partial charge < -0.3 is 14.2 Å². The van der Waals surface area contributed by atoms with Crippen LogP contribution < -0.4 is 9.47 Å². The van der Waals surface area contributed by atoms with E-state index in [1.807, 2.05) is 24.3 Å². The predicted molar refractivity (Wildman–Crippen MR) is 112 cm³/mol. The zero-order valence-electron chi connectivity index (χ0n) is 16.1. The fraction of sp³-hybridized carbons (Fsp3) is 0.208. The van der Waals surface area contributed by atoms with Crippen molar-refractivity contribution in [3.8, 4) is 17.2 Å². The second kappa shape index (κ2) is 8.58. The average Bonchev–Trinajstić information content (AvgIpc) is 3.23. The van der Waals surface area contributed by atoms with Crippen molar-refractivity contribution in [3.05, 3.63) is 88.4 Å². The van der Waals surface area contributed by atoms with Crippen LogP contribution in [0.2, 0.25) is 5.02 Å². The molecule has 4 nitrogen and oxygen atoms in total. The molecule has 0 saturated heterocycles. The first-order chi connectivity index (χ1) is 14.1. The number of methoxy groups -OCH3 is 1. The minimum atomic E-state index is -0.836. The van der Waals surface area contributed by atoms with Crippen molar-refractivity contribution in [1.82, 2.24) is 0 Å². The summed E-state index contributed by atoms with van der Waals surface area (Å²) in [5.74, 6) is 1.65. The van der Waals surface area contributed by atoms with Crippen LogP contribution in [0.4, 0.5) is 0 Å². The molecule has 0 heterocycles. The normalized spacial score (nSPS) is 13.4. The van der Waals surface area contributed by atoms with Gasteiger partial charge in [-0.1, -0.05) is 35.9 Å². The van der Waals surface area contributed by atoms with E-state index in [2.05, 4.69) is 6.07 Å². The Bertz CT molecular complexity index is 996. The molecule has 3 aromatic carbocycles. The Morgan fingerprint density at radius 3 is 2.31 bits per heavy atom. The van der Waals surface area contributed by atoms with Gasteiger partial charge in [-0.2, -0.15) is 0 Å². The van der Waals surface area contributed by atoms with Crippen LogP contribution >= 0.6 is 11.6 Å². The molecule has 0 spiro atoms. The lowest BCUT2D eigenvalue weighted by Gasteiger charge is -2.19. The maximum atomic E-state index is 12.4. The summed E-state index contributed by atoms with van der Waals surface area (Å²) in [6, 6.07) is 20.4. The molecule has 4 rings (SSSR count). The van der Waals surface area contributed by atoms with Gasteiger partial charge in [-0.3, -0.25) is 0 Å². The molecule has 0 aromatic heterocycles. The number of halogens is 1. The van der Waals surface area contributed by atoms with Crippen LogP contribution in [-0.4, -0.2) is 13.1 Å². The lowest BCUT2D eigenvalue weighted by Crippen LogP contribution is -2.20. The quantitative estimate of drug-likeness (QED) is 0.475. The number of benzene rings is 3. The number of fused-ring (bicyclic) bond motifs is 1. The maximum Gasteiger partial charge on any atom is 0.351 e. The Morgan fingerprint density at radius 2 is 1.62 bits per heavy atom. The third-order valence-corrected chi connectivity index (χ3v) is 5.25. The van der Waals surface area contributed by atoms with Crippen molar-refractivity contribution in [2.75, 3.05) is 7.11 Å². The topological polar surface area (TPSA) is 44.8 Å². The van der Waals surface area contributed by atoms with Gasteiger partial charge in [-0.05, 0) is 72.9 Å². The van der Waals surface area contributed by atoms with Gasteiger partial charge in [0, 0.05) is 10.6 Å². The Morgan fingerprint density at radius 1 is 0.931 bits per heavy atom. The number of carbonyl (C=O) groups excluding carboxylic acids is 1. The lowest BCUT2D eigenvalue weighted by atomic mass is 10.1. The molecule has 1 aliphatic carbocycles. The summed E-state index contributed by atoms with van der Waals surface area (Å²) in [4.78, 5) is 12.4. The van der Waals surface area contributed by atoms with Crippen LogP contribution in [0.5, 0.6) is 17.2 Å². The van der Waals surface area contributed by atoms with Crippen molar-refractivity contribution in [1.29, 1.82) is 0 Å². The van der Waals surface area contributed by atoms with Crippen LogP contribution in [0.15, 0.2) is 66.7 Å². The van der Waals surface area contributed by atoms with Crippen molar-refractivity contribution < 1.29 is 19.0 Å². The standard InChI is InChI=1S/C24H21ClO4/c1-27-24(26)23(29-22-7-3-5-16-4-2-6-21(16)22)17-8-12-19(13-9-17)28-20-14-10-18(25)11-15-20/h3,5,7-15,23H,2,4,6H2,1H3. The lowest BCUT2D eigenvalue weighted by molar-refractivity contribution is -0.149. The van der Waals surface area contributed by atoms with Gasteiger partial charge in [0.15, 0.2) is 0 Å². The molecule has 5 heteroatoms. The molecule has 0 saturated carbocycles. The molecule has 0 aliphatic heterocycles. The number of hydrogen-bond acceptors (Lipinski definition) is 4. The minimum Gasteiger partial charge on any atom is -0.474 e. The number of esters is 1. The smallest absolute Gasteiger partial charge is 0.351 e. The molecule has 1 unspecified atom stereocenters. The van der Waals surface area contributed by atoms with Crippen LogP contribution in [0.1, 0.15) is 29.2 Å². The molecule has 3 aromatic rings. The fourth-order valence-corrected chi connectivity index (χ4v) is 3.66. The fourth-order valence-electron chi connectivity index (χ4n) is 3.53. The Kier molecular flexibility index (Phi) is 5.72. The highest BCUT2D eigenvalue weighted by molar-refractivity contribution is 6.30. The van der Waals surface area contributed by atoms with E-state index in [1.54, 1.807) is 36.4 Å². The summed E-state index contributed by atoms with van der Waals surface area (Å²) in [5.41, 5.74) is 3.18. The van der Waals surface area contributed by atoms with Crippen molar-refractivity contribution in [3.63, 3.8) is 0 Å². The van der Waals surface area contributed by atoms with Crippen LogP contribution in [-0.2, 0) is 22.4 Å². The highest BCUT2D eigenvalue weighted by Crippen LogP contribution is 2.34. The van der Waals surface area contributed by atoms with E-state index in [0.29, 0.717) is 22.1 Å². The molecular formula is C24H21ClO4. The zero-order chi connectivity index (χ0) is 20.2. The SMILES string of the molecule is COC(=O)C(Oc1cccc2c1CCC2)c1ccc(Oc2ccc(Cl)cc2)cc1. The maximum absolute atomic E-state index is 12.4. The highest BCUT2D eigenvalue weighted by Gasteiger charge is 2.26. The Hall–Kier alpha value is -2.98. The summed E-state index contributed by atoms with van der Waals surface area (Å²) >= 11 is 5.90. The van der Waals surface area contributed by atoms with E-state index in [4.69, 9.17) is 25.8 Å². The Labute approximate surface area is 175 Å². The monoisotopic (exact) mass is 408 g/mol. The first-order valence-corrected chi connectivity index (χ1v) is 9.90. The molecular weight excluding hydrogens is 388 g/mol. The van der Waals surface area contributed by atoms with Gasteiger partial charge in [-0.25, -0.2) is 4.79 Å². The second-order valence-corrected chi connectivity index (χ2v) is 7.33. The number of carbonyl (C=O) groups is 1. The van der Waals surface area contributed by atoms with Gasteiger partial charge in [0.2, 0.25) is 6.10 Å².